The third kappa shape index (κ3) is 9.61. The van der Waals surface area contributed by atoms with E-state index in [1.807, 2.05) is 75.4 Å². The van der Waals surface area contributed by atoms with Crippen molar-refractivity contribution in [1.82, 2.24) is 10.2 Å². The average molecular weight is 726 g/mol. The quantitative estimate of drug-likeness (QED) is 0.285. The number of nitrogens with one attached hydrogen (secondary N) is 1. The molecular formula is C29H33BrIN3O4S. The summed E-state index contributed by atoms with van der Waals surface area (Å²) in [6.07, 6.45) is 1.35. The lowest BCUT2D eigenvalue weighted by Crippen LogP contribution is -2.56. The van der Waals surface area contributed by atoms with Crippen LogP contribution < -0.4 is 9.62 Å². The number of rotatable bonds is 10. The van der Waals surface area contributed by atoms with Gasteiger partial charge in [-0.05, 0) is 90.9 Å². The summed E-state index contributed by atoms with van der Waals surface area (Å²) >= 11 is 5.57. The molecule has 3 rings (SSSR count). The molecule has 0 saturated carbocycles. The number of carbonyl (C=O) groups is 2. The van der Waals surface area contributed by atoms with Crippen LogP contribution in [0.1, 0.15) is 31.9 Å². The van der Waals surface area contributed by atoms with E-state index in [4.69, 9.17) is 0 Å². The molecule has 1 unspecified atom stereocenters. The smallest absolute Gasteiger partial charge is 0.244 e. The predicted octanol–water partition coefficient (Wildman–Crippen LogP) is 5.37. The first-order chi connectivity index (χ1) is 18.2. The van der Waals surface area contributed by atoms with E-state index in [1.165, 1.54) is 4.90 Å². The van der Waals surface area contributed by atoms with E-state index in [0.717, 1.165) is 29.7 Å². The van der Waals surface area contributed by atoms with Crippen LogP contribution >= 0.6 is 38.5 Å². The zero-order chi connectivity index (χ0) is 28.8. The molecule has 0 spiro atoms. The summed E-state index contributed by atoms with van der Waals surface area (Å²) in [6, 6.07) is 23.0. The summed E-state index contributed by atoms with van der Waals surface area (Å²) in [6.45, 7) is 5.34. The van der Waals surface area contributed by atoms with Crippen molar-refractivity contribution >= 4 is 66.0 Å². The first-order valence-corrected chi connectivity index (χ1v) is 16.1. The molecule has 0 aliphatic heterocycles. The molecule has 0 bridgehead atoms. The second-order valence-corrected chi connectivity index (χ2v) is 14.4. The van der Waals surface area contributed by atoms with Crippen molar-refractivity contribution in [2.75, 3.05) is 17.1 Å². The van der Waals surface area contributed by atoms with Gasteiger partial charge in [0.05, 0.1) is 11.9 Å². The Balaban J connectivity index is 2.06. The van der Waals surface area contributed by atoms with Gasteiger partial charge in [0.2, 0.25) is 21.8 Å². The molecule has 10 heteroatoms. The first-order valence-electron chi connectivity index (χ1n) is 12.4. The third-order valence-corrected chi connectivity index (χ3v) is 8.22. The standard InChI is InChI=1S/C29H33BrIN3O4S/c1-29(2,3)32-28(36)26(18-21-8-6-5-7-9-21)33(19-22-10-12-23(30)13-11-22)27(35)20-34(39(4,37)38)25-16-14-24(31)15-17-25/h5-17,26H,18-20H2,1-4H3,(H,32,36). The highest BCUT2D eigenvalue weighted by molar-refractivity contribution is 14.1. The number of amides is 2. The zero-order valence-electron chi connectivity index (χ0n) is 22.4. The lowest BCUT2D eigenvalue weighted by atomic mass is 10.0. The lowest BCUT2D eigenvalue weighted by Gasteiger charge is -2.35. The van der Waals surface area contributed by atoms with Crippen molar-refractivity contribution in [3.63, 3.8) is 0 Å². The van der Waals surface area contributed by atoms with Crippen LogP contribution in [0.2, 0.25) is 0 Å². The Morgan fingerprint density at radius 2 is 1.51 bits per heavy atom. The van der Waals surface area contributed by atoms with Crippen LogP contribution in [0.25, 0.3) is 0 Å². The fraction of sp³-hybridized carbons (Fsp3) is 0.310. The van der Waals surface area contributed by atoms with Crippen molar-refractivity contribution in [3.05, 3.63) is 98.0 Å². The van der Waals surface area contributed by atoms with Gasteiger partial charge in [0.1, 0.15) is 12.6 Å². The molecule has 39 heavy (non-hydrogen) atoms. The Bertz CT molecular complexity index is 1380. The summed E-state index contributed by atoms with van der Waals surface area (Å²) in [5, 5.41) is 3.02. The Kier molecular flexibility index (Phi) is 10.6. The van der Waals surface area contributed by atoms with E-state index in [-0.39, 0.29) is 18.9 Å². The molecule has 0 fully saturated rings. The minimum atomic E-state index is -3.79. The number of benzene rings is 3. The van der Waals surface area contributed by atoms with Crippen LogP contribution in [0.15, 0.2) is 83.3 Å². The third-order valence-electron chi connectivity index (χ3n) is 5.83. The Labute approximate surface area is 253 Å². The second-order valence-electron chi connectivity index (χ2n) is 10.3. The Morgan fingerprint density at radius 1 is 0.923 bits per heavy atom. The topological polar surface area (TPSA) is 86.8 Å². The van der Waals surface area contributed by atoms with E-state index in [0.29, 0.717) is 5.69 Å². The second kappa shape index (κ2) is 13.3. The molecule has 3 aromatic carbocycles. The maximum absolute atomic E-state index is 14.0. The highest BCUT2D eigenvalue weighted by Crippen LogP contribution is 2.22. The van der Waals surface area contributed by atoms with Gasteiger partial charge in [0.15, 0.2) is 0 Å². The van der Waals surface area contributed by atoms with Gasteiger partial charge in [-0.3, -0.25) is 13.9 Å². The van der Waals surface area contributed by atoms with Crippen molar-refractivity contribution in [2.24, 2.45) is 0 Å². The van der Waals surface area contributed by atoms with Crippen LogP contribution in [-0.4, -0.2) is 49.5 Å². The number of halogens is 2. The predicted molar refractivity (Wildman–Crippen MR) is 168 cm³/mol. The summed E-state index contributed by atoms with van der Waals surface area (Å²) < 4.78 is 28.6. The molecule has 0 heterocycles. The van der Waals surface area contributed by atoms with Crippen LogP contribution in [-0.2, 0) is 32.6 Å². The van der Waals surface area contributed by atoms with E-state index in [1.54, 1.807) is 24.3 Å². The summed E-state index contributed by atoms with van der Waals surface area (Å²) in [7, 11) is -3.79. The Hall–Kier alpha value is -2.44. The molecule has 2 amide bonds. The van der Waals surface area contributed by atoms with Gasteiger partial charge in [0, 0.05) is 26.5 Å². The molecule has 0 aliphatic carbocycles. The number of carbonyl (C=O) groups excluding carboxylic acids is 2. The summed E-state index contributed by atoms with van der Waals surface area (Å²) in [5.41, 5.74) is 1.55. The van der Waals surface area contributed by atoms with Gasteiger partial charge in [-0.15, -0.1) is 0 Å². The fourth-order valence-corrected chi connectivity index (χ4v) is 5.49. The summed E-state index contributed by atoms with van der Waals surface area (Å²) in [5.74, 6) is -0.788. The van der Waals surface area contributed by atoms with E-state index >= 15 is 0 Å². The molecular weight excluding hydrogens is 693 g/mol. The Morgan fingerprint density at radius 3 is 2.05 bits per heavy atom. The molecule has 3 aromatic rings. The van der Waals surface area contributed by atoms with Crippen molar-refractivity contribution < 1.29 is 18.0 Å². The number of sulfonamides is 1. The SMILES string of the molecule is CC(C)(C)NC(=O)C(Cc1ccccc1)N(Cc1ccc(Br)cc1)C(=O)CN(c1ccc(I)cc1)S(C)(=O)=O. The largest absolute Gasteiger partial charge is 0.350 e. The normalized spacial score (nSPS) is 12.5. The fourth-order valence-electron chi connectivity index (χ4n) is 4.01. The minimum Gasteiger partial charge on any atom is -0.350 e. The first kappa shape index (κ1) is 31.1. The van der Waals surface area contributed by atoms with Crippen LogP contribution in [0.4, 0.5) is 5.69 Å². The average Bonchev–Trinajstić information content (AvgIpc) is 2.85. The highest BCUT2D eigenvalue weighted by Gasteiger charge is 2.34. The van der Waals surface area contributed by atoms with Crippen LogP contribution in [0.3, 0.4) is 0 Å². The van der Waals surface area contributed by atoms with E-state index < -0.39 is 34.1 Å². The molecule has 1 N–H and O–H groups in total. The number of hydrogen-bond acceptors (Lipinski definition) is 4. The van der Waals surface area contributed by atoms with Gasteiger partial charge in [-0.1, -0.05) is 58.4 Å². The van der Waals surface area contributed by atoms with Gasteiger partial charge in [-0.2, -0.15) is 0 Å². The minimum absolute atomic E-state index is 0.130. The molecule has 0 saturated heterocycles. The van der Waals surface area contributed by atoms with E-state index in [9.17, 15) is 18.0 Å². The monoisotopic (exact) mass is 725 g/mol. The van der Waals surface area contributed by atoms with Gasteiger partial charge >= 0.3 is 0 Å². The van der Waals surface area contributed by atoms with Crippen LogP contribution in [0, 0.1) is 3.57 Å². The number of hydrogen-bond donors (Lipinski definition) is 1. The summed E-state index contributed by atoms with van der Waals surface area (Å²) in [4.78, 5) is 29.2. The van der Waals surface area contributed by atoms with Gasteiger partial charge in [0.25, 0.3) is 0 Å². The maximum atomic E-state index is 14.0. The molecule has 0 aromatic heterocycles. The lowest BCUT2D eigenvalue weighted by molar-refractivity contribution is -0.140. The molecule has 7 nitrogen and oxygen atoms in total. The highest BCUT2D eigenvalue weighted by atomic mass is 127. The van der Waals surface area contributed by atoms with Gasteiger partial charge in [-0.25, -0.2) is 8.42 Å². The van der Waals surface area contributed by atoms with Crippen molar-refractivity contribution in [3.8, 4) is 0 Å². The van der Waals surface area contributed by atoms with Crippen LogP contribution in [0.5, 0.6) is 0 Å². The maximum Gasteiger partial charge on any atom is 0.244 e. The number of anilines is 1. The zero-order valence-corrected chi connectivity index (χ0v) is 27.0. The molecule has 0 radical (unpaired) electrons. The van der Waals surface area contributed by atoms with E-state index in [2.05, 4.69) is 43.8 Å². The molecule has 0 aliphatic rings. The van der Waals surface area contributed by atoms with Gasteiger partial charge < -0.3 is 10.2 Å². The van der Waals surface area contributed by atoms with Crippen molar-refractivity contribution in [1.29, 1.82) is 0 Å². The number of nitrogens with zero attached hydrogens (tertiary/aromatic N) is 2. The van der Waals surface area contributed by atoms with Crippen molar-refractivity contribution in [2.45, 2.75) is 45.3 Å². The molecule has 1 atom stereocenters. The molecule has 208 valence electrons.